The van der Waals surface area contributed by atoms with E-state index in [1.165, 1.54) is 0 Å². The summed E-state index contributed by atoms with van der Waals surface area (Å²) in [6.07, 6.45) is -5.58. The first-order valence-corrected chi connectivity index (χ1v) is 8.17. The number of halogens is 4. The molecule has 0 unspecified atom stereocenters. The number of hydrogen-bond donors (Lipinski definition) is 1. The third-order valence-corrected chi connectivity index (χ3v) is 4.59. The van der Waals surface area contributed by atoms with Crippen molar-refractivity contribution in [2.45, 2.75) is 31.2 Å². The van der Waals surface area contributed by atoms with Gasteiger partial charge in [-0.2, -0.15) is 13.2 Å². The highest BCUT2D eigenvalue weighted by Crippen LogP contribution is 2.44. The van der Waals surface area contributed by atoms with Gasteiger partial charge in [-0.15, -0.1) is 0 Å². The van der Waals surface area contributed by atoms with Crippen molar-refractivity contribution in [1.29, 1.82) is 0 Å². The van der Waals surface area contributed by atoms with Gasteiger partial charge < -0.3 is 5.11 Å². The molecule has 0 bridgehead atoms. The van der Waals surface area contributed by atoms with Gasteiger partial charge in [0, 0.05) is 5.69 Å². The Balaban J connectivity index is 1.73. The Bertz CT molecular complexity index is 761. The normalized spacial score (nSPS) is 21.4. The van der Waals surface area contributed by atoms with Crippen LogP contribution in [-0.4, -0.2) is 23.2 Å². The smallest absolute Gasteiger partial charge is 0.388 e. The molecule has 1 fully saturated rings. The number of aliphatic hydroxyl groups is 1. The van der Waals surface area contributed by atoms with Gasteiger partial charge in [-0.25, -0.2) is 4.39 Å². The number of alkyl halides is 3. The van der Waals surface area contributed by atoms with E-state index in [0.29, 0.717) is 10.5 Å². The van der Waals surface area contributed by atoms with E-state index in [2.05, 4.69) is 0 Å². The lowest BCUT2D eigenvalue weighted by Gasteiger charge is -2.47. The van der Waals surface area contributed by atoms with Gasteiger partial charge in [0.05, 0.1) is 12.0 Å². The number of anilines is 1. The molecule has 7 heteroatoms. The van der Waals surface area contributed by atoms with Gasteiger partial charge in [0.2, 0.25) is 5.91 Å². The fourth-order valence-electron chi connectivity index (χ4n) is 3.27. The maximum absolute atomic E-state index is 13.5. The van der Waals surface area contributed by atoms with Crippen molar-refractivity contribution in [3.05, 3.63) is 66.0 Å². The molecule has 26 heavy (non-hydrogen) atoms. The predicted octanol–water partition coefficient (Wildman–Crippen LogP) is 4.23. The molecule has 0 spiro atoms. The molecule has 1 heterocycles. The molecule has 2 aromatic carbocycles. The molecule has 3 nitrogen and oxygen atoms in total. The summed E-state index contributed by atoms with van der Waals surface area (Å²) in [6.45, 7) is 0. The van der Waals surface area contributed by atoms with Crippen LogP contribution in [-0.2, 0) is 4.79 Å². The average molecular weight is 367 g/mol. The second kappa shape index (κ2) is 7.07. The standard InChI is InChI=1S/C19H17F4NO2/c20-13-6-8-14(9-7-13)24-17(19(21,22)23)15(18(24)26)10-11-16(25)12-4-2-1-3-5-12/h1-9,15-17,25H,10-11H2/t15-,16+,17+/m1/s1. The van der Waals surface area contributed by atoms with Gasteiger partial charge in [0.25, 0.3) is 0 Å². The minimum absolute atomic E-state index is 0.0126. The lowest BCUT2D eigenvalue weighted by Crippen LogP contribution is -2.67. The number of aliphatic hydroxyl groups excluding tert-OH is 1. The predicted molar refractivity (Wildman–Crippen MR) is 87.9 cm³/mol. The summed E-state index contributed by atoms with van der Waals surface area (Å²) >= 11 is 0. The fourth-order valence-corrected chi connectivity index (χ4v) is 3.27. The van der Waals surface area contributed by atoms with Crippen molar-refractivity contribution in [1.82, 2.24) is 0 Å². The maximum Gasteiger partial charge on any atom is 0.410 e. The second-order valence-corrected chi connectivity index (χ2v) is 6.28. The Hall–Kier alpha value is -2.41. The molecule has 1 saturated heterocycles. The van der Waals surface area contributed by atoms with Gasteiger partial charge in [-0.3, -0.25) is 9.69 Å². The number of hydrogen-bond acceptors (Lipinski definition) is 2. The molecule has 0 aromatic heterocycles. The summed E-state index contributed by atoms with van der Waals surface area (Å²) in [5.74, 6) is -2.51. The topological polar surface area (TPSA) is 40.5 Å². The zero-order chi connectivity index (χ0) is 18.9. The Morgan fingerprint density at radius 1 is 1.04 bits per heavy atom. The highest BCUT2D eigenvalue weighted by atomic mass is 19.4. The fraction of sp³-hybridized carbons (Fsp3) is 0.316. The van der Waals surface area contributed by atoms with Crippen LogP contribution in [0.1, 0.15) is 24.5 Å². The number of nitrogens with zero attached hydrogens (tertiary/aromatic N) is 1. The van der Waals surface area contributed by atoms with Crippen LogP contribution in [0.25, 0.3) is 0 Å². The molecule has 0 saturated carbocycles. The molecule has 1 aliphatic heterocycles. The largest absolute Gasteiger partial charge is 0.410 e. The van der Waals surface area contributed by atoms with Crippen LogP contribution in [0.2, 0.25) is 0 Å². The first-order valence-electron chi connectivity index (χ1n) is 8.17. The second-order valence-electron chi connectivity index (χ2n) is 6.28. The van der Waals surface area contributed by atoms with E-state index in [1.54, 1.807) is 30.3 Å². The molecule has 2 aromatic rings. The molecule has 1 N–H and O–H groups in total. The number of rotatable bonds is 5. The van der Waals surface area contributed by atoms with E-state index in [4.69, 9.17) is 0 Å². The Kier molecular flexibility index (Phi) is 5.00. The molecule has 3 rings (SSSR count). The zero-order valence-electron chi connectivity index (χ0n) is 13.7. The van der Waals surface area contributed by atoms with Crippen LogP contribution < -0.4 is 4.90 Å². The van der Waals surface area contributed by atoms with Crippen LogP contribution in [0, 0.1) is 11.7 Å². The number of amides is 1. The third kappa shape index (κ3) is 3.58. The highest BCUT2D eigenvalue weighted by Gasteiger charge is 2.60. The highest BCUT2D eigenvalue weighted by molar-refractivity contribution is 6.03. The van der Waals surface area contributed by atoms with Crippen molar-refractivity contribution in [2.75, 3.05) is 4.90 Å². The van der Waals surface area contributed by atoms with Crippen LogP contribution in [0.3, 0.4) is 0 Å². The summed E-state index contributed by atoms with van der Waals surface area (Å²) in [4.78, 5) is 13.0. The van der Waals surface area contributed by atoms with Gasteiger partial charge in [0.1, 0.15) is 11.9 Å². The Morgan fingerprint density at radius 2 is 1.65 bits per heavy atom. The molecule has 0 aliphatic carbocycles. The summed E-state index contributed by atoms with van der Waals surface area (Å²) < 4.78 is 53.4. The van der Waals surface area contributed by atoms with Crippen molar-refractivity contribution in [3.63, 3.8) is 0 Å². The van der Waals surface area contributed by atoms with E-state index in [1.807, 2.05) is 0 Å². The van der Waals surface area contributed by atoms with Crippen LogP contribution in [0.15, 0.2) is 54.6 Å². The molecule has 3 atom stereocenters. The van der Waals surface area contributed by atoms with Gasteiger partial charge in [-0.05, 0) is 42.7 Å². The van der Waals surface area contributed by atoms with Crippen LogP contribution in [0.4, 0.5) is 23.2 Å². The van der Waals surface area contributed by atoms with Gasteiger partial charge >= 0.3 is 6.18 Å². The summed E-state index contributed by atoms with van der Waals surface area (Å²) in [7, 11) is 0. The van der Waals surface area contributed by atoms with Crippen LogP contribution >= 0.6 is 0 Å². The Morgan fingerprint density at radius 3 is 2.23 bits per heavy atom. The van der Waals surface area contributed by atoms with Crippen molar-refractivity contribution in [2.24, 2.45) is 5.92 Å². The zero-order valence-corrected chi connectivity index (χ0v) is 13.7. The van der Waals surface area contributed by atoms with Crippen molar-refractivity contribution in [3.8, 4) is 0 Å². The summed E-state index contributed by atoms with van der Waals surface area (Å²) in [5.41, 5.74) is 0.608. The summed E-state index contributed by atoms with van der Waals surface area (Å²) in [5, 5.41) is 10.1. The quantitative estimate of drug-likeness (QED) is 0.635. The first kappa shape index (κ1) is 18.4. The molecule has 1 amide bonds. The van der Waals surface area contributed by atoms with Crippen molar-refractivity contribution >= 4 is 11.6 Å². The molecular formula is C19H17F4NO2. The maximum atomic E-state index is 13.5. The van der Waals surface area contributed by atoms with E-state index in [9.17, 15) is 27.5 Å². The molecular weight excluding hydrogens is 350 g/mol. The number of β-lactam (4-membered cyclic amide) rings is 1. The number of benzene rings is 2. The lowest BCUT2D eigenvalue weighted by atomic mass is 9.81. The lowest BCUT2D eigenvalue weighted by molar-refractivity contribution is -0.184. The monoisotopic (exact) mass is 367 g/mol. The molecule has 1 aliphatic rings. The van der Waals surface area contributed by atoms with Gasteiger partial charge in [0.15, 0.2) is 0 Å². The van der Waals surface area contributed by atoms with E-state index >= 15 is 0 Å². The third-order valence-electron chi connectivity index (χ3n) is 4.59. The Labute approximate surface area is 147 Å². The van der Waals surface area contributed by atoms with Crippen LogP contribution in [0.5, 0.6) is 0 Å². The van der Waals surface area contributed by atoms with E-state index in [-0.39, 0.29) is 18.5 Å². The minimum atomic E-state index is -4.61. The minimum Gasteiger partial charge on any atom is -0.388 e. The van der Waals surface area contributed by atoms with E-state index < -0.39 is 36.0 Å². The number of carbonyl (C=O) groups is 1. The average Bonchev–Trinajstić information content (AvgIpc) is 2.60. The first-order chi connectivity index (χ1) is 12.3. The number of carbonyl (C=O) groups excluding carboxylic acids is 1. The van der Waals surface area contributed by atoms with E-state index in [0.717, 1.165) is 24.3 Å². The van der Waals surface area contributed by atoms with Crippen molar-refractivity contribution < 1.29 is 27.5 Å². The molecule has 0 radical (unpaired) electrons. The molecule has 138 valence electrons. The van der Waals surface area contributed by atoms with Gasteiger partial charge in [-0.1, -0.05) is 30.3 Å². The summed E-state index contributed by atoms with van der Waals surface area (Å²) in [6, 6.07) is 10.9. The SMILES string of the molecule is O=C1[C@H](CC[C@H](O)c2ccccc2)[C@@H](C(F)(F)F)N1c1ccc(F)cc1.